The Hall–Kier alpha value is -2.08. The molecule has 0 bridgehead atoms. The van der Waals surface area contributed by atoms with Crippen molar-refractivity contribution < 1.29 is 19.7 Å². The standard InChI is InChI=1S/C27H34ClNO4.C3H8.C2H6/c1-3-4-20-11-23(28)8-9-24(20)22-15-29(14-21-6-5-19(21)13-27(31)32)25-12-18(17(2)30)7-10-26(25)33-16-22;1-3-2;1-2/h7-12,19,21-22,27,31-32H,3-6,13-16H2,1-2H3;3H2,1-2H3;1-2H3. The molecule has 3 atom stereocenters. The number of halogens is 1. The lowest BCUT2D eigenvalue weighted by Gasteiger charge is -2.41. The number of benzene rings is 2. The normalized spacial score (nSPS) is 20.1. The molecule has 212 valence electrons. The molecule has 2 aromatic rings. The minimum Gasteiger partial charge on any atom is -0.491 e. The van der Waals surface area contributed by atoms with Crippen LogP contribution < -0.4 is 9.64 Å². The van der Waals surface area contributed by atoms with Crippen LogP contribution in [0.15, 0.2) is 36.4 Å². The van der Waals surface area contributed by atoms with Crippen LogP contribution in [0.1, 0.15) is 101 Å². The SMILES string of the molecule is CC.CCC.CCCc1cc(Cl)ccc1C1COc2ccc(C(C)=O)cc2N(CC2CCC2CC(O)O)C1. The van der Waals surface area contributed by atoms with E-state index in [0.29, 0.717) is 30.4 Å². The maximum Gasteiger partial charge on any atom is 0.159 e. The van der Waals surface area contributed by atoms with Gasteiger partial charge in [0, 0.05) is 36.0 Å². The first kappa shape index (κ1) is 32.1. The van der Waals surface area contributed by atoms with Gasteiger partial charge >= 0.3 is 0 Å². The van der Waals surface area contributed by atoms with Gasteiger partial charge in [-0.25, -0.2) is 0 Å². The number of carbonyl (C=O) groups is 1. The number of hydrogen-bond acceptors (Lipinski definition) is 5. The van der Waals surface area contributed by atoms with Gasteiger partial charge in [0.25, 0.3) is 0 Å². The van der Waals surface area contributed by atoms with Gasteiger partial charge in [-0.3, -0.25) is 4.79 Å². The van der Waals surface area contributed by atoms with E-state index < -0.39 is 6.29 Å². The van der Waals surface area contributed by atoms with Gasteiger partial charge in [-0.2, -0.15) is 0 Å². The highest BCUT2D eigenvalue weighted by molar-refractivity contribution is 6.30. The van der Waals surface area contributed by atoms with Gasteiger partial charge in [-0.1, -0.05) is 65.1 Å². The highest BCUT2D eigenvalue weighted by Gasteiger charge is 2.35. The number of fused-ring (bicyclic) bond motifs is 1. The number of Topliss-reactive ketones (excluding diaryl/α,β-unsaturated/α-hetero) is 1. The van der Waals surface area contributed by atoms with Crippen LogP contribution >= 0.6 is 11.6 Å². The van der Waals surface area contributed by atoms with Gasteiger partial charge in [0.2, 0.25) is 0 Å². The van der Waals surface area contributed by atoms with Crippen LogP contribution in [0.4, 0.5) is 5.69 Å². The van der Waals surface area contributed by atoms with Crippen LogP contribution in [0.2, 0.25) is 5.02 Å². The van der Waals surface area contributed by atoms with Gasteiger partial charge in [0.15, 0.2) is 12.1 Å². The second-order valence-electron chi connectivity index (χ2n) is 10.3. The van der Waals surface area contributed by atoms with Gasteiger partial charge in [0.1, 0.15) is 5.75 Å². The Labute approximate surface area is 235 Å². The van der Waals surface area contributed by atoms with E-state index in [-0.39, 0.29) is 11.7 Å². The maximum atomic E-state index is 12.1. The van der Waals surface area contributed by atoms with E-state index in [1.54, 1.807) is 6.92 Å². The van der Waals surface area contributed by atoms with Crippen molar-refractivity contribution in [3.63, 3.8) is 0 Å². The summed E-state index contributed by atoms with van der Waals surface area (Å²) in [6, 6.07) is 11.8. The summed E-state index contributed by atoms with van der Waals surface area (Å²) in [7, 11) is 0. The zero-order valence-corrected chi connectivity index (χ0v) is 24.9. The van der Waals surface area contributed by atoms with Crippen LogP contribution in [0.5, 0.6) is 5.75 Å². The average molecular weight is 546 g/mol. The zero-order chi connectivity index (χ0) is 28.2. The summed E-state index contributed by atoms with van der Waals surface area (Å²) in [5.74, 6) is 1.69. The molecule has 0 saturated heterocycles. The Kier molecular flexibility index (Phi) is 13.6. The molecule has 0 spiro atoms. The summed E-state index contributed by atoms with van der Waals surface area (Å²) in [6.07, 6.45) is 4.50. The number of aliphatic hydroxyl groups is 2. The monoisotopic (exact) mass is 545 g/mol. The summed E-state index contributed by atoms with van der Waals surface area (Å²) >= 11 is 6.31. The predicted octanol–water partition coefficient (Wildman–Crippen LogP) is 7.65. The molecule has 38 heavy (non-hydrogen) atoms. The van der Waals surface area contributed by atoms with E-state index in [4.69, 9.17) is 16.3 Å². The molecule has 1 aliphatic carbocycles. The van der Waals surface area contributed by atoms with Gasteiger partial charge in [-0.05, 0) is 79.5 Å². The minimum absolute atomic E-state index is 0.0337. The Morgan fingerprint density at radius 3 is 2.34 bits per heavy atom. The highest BCUT2D eigenvalue weighted by Crippen LogP contribution is 2.42. The number of anilines is 1. The number of rotatable bonds is 8. The molecule has 3 unspecified atom stereocenters. The van der Waals surface area contributed by atoms with Crippen molar-refractivity contribution in [2.24, 2.45) is 11.8 Å². The van der Waals surface area contributed by atoms with Crippen molar-refractivity contribution in [2.45, 2.75) is 92.3 Å². The van der Waals surface area contributed by atoms with Gasteiger partial charge in [-0.15, -0.1) is 0 Å². The summed E-state index contributed by atoms with van der Waals surface area (Å²) < 4.78 is 6.30. The van der Waals surface area contributed by atoms with Gasteiger partial charge < -0.3 is 19.8 Å². The maximum absolute atomic E-state index is 12.1. The Balaban J connectivity index is 0.000000947. The first-order valence-electron chi connectivity index (χ1n) is 14.4. The smallest absolute Gasteiger partial charge is 0.159 e. The third kappa shape index (κ3) is 8.72. The minimum atomic E-state index is -1.26. The number of carbonyl (C=O) groups excluding carboxylic acids is 1. The van der Waals surface area contributed by atoms with Gasteiger partial charge in [0.05, 0.1) is 12.3 Å². The first-order chi connectivity index (χ1) is 18.3. The fourth-order valence-corrected chi connectivity index (χ4v) is 5.47. The number of aliphatic hydroxyl groups excluding tert-OH is 1. The number of ether oxygens (including phenoxy) is 1. The summed E-state index contributed by atoms with van der Waals surface area (Å²) in [5.41, 5.74) is 4.15. The third-order valence-corrected chi connectivity index (χ3v) is 7.43. The Bertz CT molecular complexity index is 1010. The molecule has 1 aliphatic heterocycles. The molecule has 0 radical (unpaired) electrons. The van der Waals surface area contributed by atoms with Crippen molar-refractivity contribution >= 4 is 23.1 Å². The molecular weight excluding hydrogens is 498 g/mol. The molecule has 0 aromatic heterocycles. The molecular formula is C32H48ClNO4. The third-order valence-electron chi connectivity index (χ3n) is 7.19. The topological polar surface area (TPSA) is 70.0 Å². The van der Waals surface area contributed by atoms with Crippen LogP contribution in [-0.2, 0) is 6.42 Å². The van der Waals surface area contributed by atoms with Crippen molar-refractivity contribution in [1.82, 2.24) is 0 Å². The van der Waals surface area contributed by atoms with Crippen LogP contribution in [0, 0.1) is 11.8 Å². The molecule has 5 nitrogen and oxygen atoms in total. The summed E-state index contributed by atoms with van der Waals surface area (Å²) in [4.78, 5) is 14.4. The molecule has 1 fully saturated rings. The first-order valence-corrected chi connectivity index (χ1v) is 14.8. The van der Waals surface area contributed by atoms with Crippen molar-refractivity contribution in [3.8, 4) is 5.75 Å². The van der Waals surface area contributed by atoms with E-state index in [1.807, 2.05) is 38.1 Å². The number of aryl methyl sites for hydroxylation is 1. The molecule has 6 heteroatoms. The van der Waals surface area contributed by atoms with E-state index in [2.05, 4.69) is 37.8 Å². The lowest BCUT2D eigenvalue weighted by atomic mass is 9.71. The number of hydrogen-bond donors (Lipinski definition) is 2. The second kappa shape index (κ2) is 16.1. The average Bonchev–Trinajstić information content (AvgIpc) is 3.06. The van der Waals surface area contributed by atoms with Crippen molar-refractivity contribution in [2.75, 3.05) is 24.6 Å². The quantitative estimate of drug-likeness (QED) is 0.263. The molecule has 4 rings (SSSR count). The zero-order valence-electron chi connectivity index (χ0n) is 24.2. The largest absolute Gasteiger partial charge is 0.491 e. The molecule has 1 saturated carbocycles. The van der Waals surface area contributed by atoms with Crippen molar-refractivity contribution in [3.05, 3.63) is 58.1 Å². The molecule has 2 N–H and O–H groups in total. The van der Waals surface area contributed by atoms with E-state index in [9.17, 15) is 15.0 Å². The molecule has 2 aliphatic rings. The number of nitrogens with zero attached hydrogens (tertiary/aromatic N) is 1. The molecule has 0 amide bonds. The fourth-order valence-electron chi connectivity index (χ4n) is 5.28. The number of ketones is 1. The van der Waals surface area contributed by atoms with E-state index >= 15 is 0 Å². The van der Waals surface area contributed by atoms with E-state index in [1.165, 1.54) is 17.5 Å². The summed E-state index contributed by atoms with van der Waals surface area (Å²) in [6.45, 7) is 14.2. The lowest BCUT2D eigenvalue weighted by Crippen LogP contribution is -2.41. The fraction of sp³-hybridized carbons (Fsp3) is 0.594. The summed E-state index contributed by atoms with van der Waals surface area (Å²) in [5, 5.41) is 19.7. The molecule has 1 heterocycles. The second-order valence-corrected chi connectivity index (χ2v) is 10.7. The highest BCUT2D eigenvalue weighted by atomic mass is 35.5. The van der Waals surface area contributed by atoms with E-state index in [0.717, 1.165) is 55.2 Å². The van der Waals surface area contributed by atoms with Crippen LogP contribution in [0.25, 0.3) is 0 Å². The lowest BCUT2D eigenvalue weighted by molar-refractivity contribution is -0.0719. The van der Waals surface area contributed by atoms with Crippen molar-refractivity contribution in [1.29, 1.82) is 0 Å². The van der Waals surface area contributed by atoms with Crippen LogP contribution in [0.3, 0.4) is 0 Å². The Morgan fingerprint density at radius 1 is 1.08 bits per heavy atom. The molecule has 2 aromatic carbocycles. The predicted molar refractivity (Wildman–Crippen MR) is 159 cm³/mol. The van der Waals surface area contributed by atoms with Crippen LogP contribution in [-0.4, -0.2) is 42.0 Å². The Morgan fingerprint density at radius 2 is 1.76 bits per heavy atom.